The van der Waals surface area contributed by atoms with Gasteiger partial charge in [-0.05, 0) is 22.4 Å². The van der Waals surface area contributed by atoms with Crippen molar-refractivity contribution in [1.29, 1.82) is 0 Å². The van der Waals surface area contributed by atoms with Gasteiger partial charge in [0.2, 0.25) is 0 Å². The van der Waals surface area contributed by atoms with Gasteiger partial charge < -0.3 is 15.2 Å². The van der Waals surface area contributed by atoms with Crippen LogP contribution < -0.4 is 20.3 Å². The van der Waals surface area contributed by atoms with E-state index in [1.54, 1.807) is 6.07 Å². The molecule has 3 unspecified atom stereocenters. The van der Waals surface area contributed by atoms with Crippen LogP contribution in [0, 0.1) is 11.7 Å². The molecule has 4 N–H and O–H groups in total. The summed E-state index contributed by atoms with van der Waals surface area (Å²) in [7, 11) is -0.832. The minimum atomic E-state index is -3.59. The second kappa shape index (κ2) is 7.82. The van der Waals surface area contributed by atoms with Gasteiger partial charge >= 0.3 is 10.4 Å². The molecule has 8 nitrogen and oxygen atoms in total. The van der Waals surface area contributed by atoms with Gasteiger partial charge in [-0.2, -0.15) is 9.27 Å². The van der Waals surface area contributed by atoms with E-state index in [4.69, 9.17) is 4.74 Å². The van der Waals surface area contributed by atoms with E-state index in [-0.39, 0.29) is 35.5 Å². The van der Waals surface area contributed by atoms with Gasteiger partial charge in [-0.3, -0.25) is 9.36 Å². The van der Waals surface area contributed by atoms with Gasteiger partial charge in [0, 0.05) is 29.9 Å². The first-order valence-electron chi connectivity index (χ1n) is 8.32. The molecule has 3 atom stereocenters. The molecule has 1 aliphatic carbocycles. The van der Waals surface area contributed by atoms with E-state index in [0.717, 1.165) is 6.07 Å². The van der Waals surface area contributed by atoms with Gasteiger partial charge in [-0.1, -0.05) is 15.9 Å². The van der Waals surface area contributed by atoms with Crippen LogP contribution in [0.1, 0.15) is 6.42 Å². The Hall–Kier alpha value is -1.95. The molecule has 0 aliphatic heterocycles. The highest BCUT2D eigenvalue weighted by Gasteiger charge is 2.57. The summed E-state index contributed by atoms with van der Waals surface area (Å²) < 4.78 is 46.9. The van der Waals surface area contributed by atoms with E-state index in [1.165, 1.54) is 30.9 Å². The van der Waals surface area contributed by atoms with Crippen molar-refractivity contribution < 1.29 is 23.0 Å². The Morgan fingerprint density at radius 3 is 2.71 bits per heavy atom. The van der Waals surface area contributed by atoms with Crippen LogP contribution in [0.5, 0.6) is 5.75 Å². The summed E-state index contributed by atoms with van der Waals surface area (Å²) in [5, 5.41) is 11.4. The van der Waals surface area contributed by atoms with E-state index in [1.807, 2.05) is 0 Å². The molecule has 0 bridgehead atoms. The lowest BCUT2D eigenvalue weighted by Gasteiger charge is -2.19. The first kappa shape index (κ1) is 20.8. The maximum atomic E-state index is 14.3. The SMILES string of the molecule is COc1cc(=O)n(C)c(Nc2ccc(Br)cc2F)c1N[S+](=O)(O)C1CC1CO. The van der Waals surface area contributed by atoms with Crippen molar-refractivity contribution in [2.75, 3.05) is 23.8 Å². The Labute approximate surface area is 170 Å². The molecule has 2 aromatic rings. The number of aromatic nitrogens is 1. The zero-order valence-electron chi connectivity index (χ0n) is 15.1. The largest absolute Gasteiger partial charge is 0.494 e. The Morgan fingerprint density at radius 1 is 1.43 bits per heavy atom. The molecular formula is C17H20BrFN3O5S+. The van der Waals surface area contributed by atoms with E-state index in [2.05, 4.69) is 26.0 Å². The van der Waals surface area contributed by atoms with Gasteiger partial charge in [0.1, 0.15) is 11.6 Å². The number of nitrogens with zero attached hydrogens (tertiary/aromatic N) is 1. The second-order valence-electron chi connectivity index (χ2n) is 6.47. The van der Waals surface area contributed by atoms with Crippen molar-refractivity contribution >= 4 is 43.5 Å². The Bertz CT molecular complexity index is 1020. The van der Waals surface area contributed by atoms with Gasteiger partial charge in [0.25, 0.3) is 5.56 Å². The summed E-state index contributed by atoms with van der Waals surface area (Å²) in [6, 6.07) is 5.49. The number of nitrogens with one attached hydrogen (secondary N) is 2. The van der Waals surface area contributed by atoms with Crippen LogP contribution in [0.15, 0.2) is 33.5 Å². The molecule has 3 rings (SSSR count). The van der Waals surface area contributed by atoms with Gasteiger partial charge in [-0.25, -0.2) is 4.39 Å². The zero-order chi connectivity index (χ0) is 20.6. The summed E-state index contributed by atoms with van der Waals surface area (Å²) in [5.74, 6) is -0.758. The number of halogens is 2. The number of ether oxygens (including phenoxy) is 1. The quantitative estimate of drug-likeness (QED) is 0.457. The Morgan fingerprint density at radius 2 is 2.14 bits per heavy atom. The lowest BCUT2D eigenvalue weighted by molar-refractivity contribution is 0.276. The van der Waals surface area contributed by atoms with Gasteiger partial charge in [0.05, 0.1) is 19.4 Å². The standard InChI is InChI=1S/C17H19BrFN3O5S/c1-22-15(24)7-13(27-2)16(21-28(25,26)14-5-9(14)8-23)17(22)20-12-4-3-10(18)6-11(12)19/h3-4,6-7,9,14,23H,5,8H2,1-2H3,(H2-,20,21,24,25,26)/p+1. The monoisotopic (exact) mass is 476 g/mol. The first-order chi connectivity index (χ1) is 13.2. The molecule has 0 spiro atoms. The Balaban J connectivity index is 2.06. The lowest BCUT2D eigenvalue weighted by atomic mass is 10.3. The number of aliphatic hydroxyl groups excluding tert-OH is 1. The third-order valence-corrected chi connectivity index (χ3v) is 6.95. The van der Waals surface area contributed by atoms with Crippen LogP contribution in [0.2, 0.25) is 0 Å². The molecular weight excluding hydrogens is 457 g/mol. The number of pyridine rings is 1. The summed E-state index contributed by atoms with van der Waals surface area (Å²) in [6.07, 6.45) is 0.400. The number of rotatable bonds is 7. The number of hydrogen-bond acceptors (Lipinski definition) is 5. The highest BCUT2D eigenvalue weighted by Crippen LogP contribution is 2.43. The molecule has 152 valence electrons. The van der Waals surface area contributed by atoms with Crippen molar-refractivity contribution in [3.05, 3.63) is 44.9 Å². The van der Waals surface area contributed by atoms with Crippen molar-refractivity contribution in [2.24, 2.45) is 13.0 Å². The van der Waals surface area contributed by atoms with Crippen molar-refractivity contribution in [2.45, 2.75) is 11.7 Å². The first-order valence-corrected chi connectivity index (χ1v) is 10.7. The van der Waals surface area contributed by atoms with Crippen LogP contribution in [-0.4, -0.2) is 33.2 Å². The van der Waals surface area contributed by atoms with Crippen molar-refractivity contribution in [1.82, 2.24) is 4.57 Å². The van der Waals surface area contributed by atoms with E-state index in [9.17, 15) is 23.1 Å². The number of hydrogen-bond donors (Lipinski definition) is 4. The average molecular weight is 477 g/mol. The number of methoxy groups -OCH3 is 1. The fourth-order valence-corrected chi connectivity index (χ4v) is 4.92. The molecule has 1 saturated carbocycles. The number of anilines is 3. The maximum Gasteiger partial charge on any atom is 0.314 e. The van der Waals surface area contributed by atoms with Crippen molar-refractivity contribution in [3.8, 4) is 5.75 Å². The highest BCUT2D eigenvalue weighted by molar-refractivity contribution is 9.10. The number of benzene rings is 1. The van der Waals surface area contributed by atoms with Crippen LogP contribution >= 0.6 is 15.9 Å². The fourth-order valence-electron chi connectivity index (χ4n) is 2.83. The Kier molecular flexibility index (Phi) is 5.80. The summed E-state index contributed by atoms with van der Waals surface area (Å²) in [5.41, 5.74) is -0.340. The van der Waals surface area contributed by atoms with Crippen LogP contribution in [0.25, 0.3) is 0 Å². The van der Waals surface area contributed by atoms with Crippen LogP contribution in [0.3, 0.4) is 0 Å². The normalized spacial score (nSPS) is 20.4. The smallest absolute Gasteiger partial charge is 0.314 e. The zero-order valence-corrected chi connectivity index (χ0v) is 17.5. The summed E-state index contributed by atoms with van der Waals surface area (Å²) in [4.78, 5) is 12.3. The molecule has 1 fully saturated rings. The second-order valence-corrected chi connectivity index (χ2v) is 9.33. The molecule has 0 saturated heterocycles. The third-order valence-electron chi connectivity index (χ3n) is 4.56. The average Bonchev–Trinajstić information content (AvgIpc) is 3.43. The molecule has 11 heteroatoms. The minimum Gasteiger partial charge on any atom is -0.494 e. The summed E-state index contributed by atoms with van der Waals surface area (Å²) in [6.45, 7) is -0.191. The predicted octanol–water partition coefficient (Wildman–Crippen LogP) is 2.72. The molecule has 0 radical (unpaired) electrons. The topological polar surface area (TPSA) is 113 Å². The van der Waals surface area contributed by atoms with Gasteiger partial charge in [-0.15, -0.1) is 0 Å². The van der Waals surface area contributed by atoms with Crippen LogP contribution in [-0.2, 0) is 21.7 Å². The van der Waals surface area contributed by atoms with E-state index < -0.39 is 27.0 Å². The number of aliphatic hydroxyl groups is 1. The third kappa shape index (κ3) is 4.07. The predicted molar refractivity (Wildman–Crippen MR) is 109 cm³/mol. The molecule has 1 heterocycles. The maximum absolute atomic E-state index is 14.3. The van der Waals surface area contributed by atoms with E-state index >= 15 is 0 Å². The molecule has 0 amide bonds. The van der Waals surface area contributed by atoms with Crippen molar-refractivity contribution in [3.63, 3.8) is 0 Å². The van der Waals surface area contributed by atoms with E-state index in [0.29, 0.717) is 10.9 Å². The molecule has 28 heavy (non-hydrogen) atoms. The lowest BCUT2D eigenvalue weighted by Crippen LogP contribution is -2.30. The van der Waals surface area contributed by atoms with Crippen LogP contribution in [0.4, 0.5) is 21.6 Å². The van der Waals surface area contributed by atoms with Gasteiger partial charge in [0.15, 0.2) is 16.7 Å². The highest BCUT2D eigenvalue weighted by atomic mass is 79.9. The fraction of sp³-hybridized carbons (Fsp3) is 0.353. The summed E-state index contributed by atoms with van der Waals surface area (Å²) >= 11 is 3.17. The minimum absolute atomic E-state index is 0.0334. The molecule has 1 aliphatic rings. The molecule has 1 aromatic heterocycles. The molecule has 1 aromatic carbocycles.